The van der Waals surface area contributed by atoms with Gasteiger partial charge in [-0.3, -0.25) is 4.90 Å². The fourth-order valence-corrected chi connectivity index (χ4v) is 13.4. The second-order valence-corrected chi connectivity index (χ2v) is 22.5. The minimum atomic E-state index is -0.315. The number of rotatable bonds is 33. The third kappa shape index (κ3) is 18.1. The van der Waals surface area contributed by atoms with Gasteiger partial charge in [-0.1, -0.05) is 142 Å². The Bertz CT molecular complexity index is 1350. The van der Waals surface area contributed by atoms with Gasteiger partial charge in [-0.15, -0.1) is 0 Å². The van der Waals surface area contributed by atoms with Crippen LogP contribution in [-0.2, 0) is 23.7 Å². The molecule has 0 radical (unpaired) electrons. The molecule has 8 nitrogen and oxygen atoms in total. The predicted molar refractivity (Wildman–Crippen MR) is 269 cm³/mol. The lowest BCUT2D eigenvalue weighted by Crippen LogP contribution is -2.51. The molecule has 0 aromatic rings. The van der Waals surface area contributed by atoms with E-state index >= 15 is 0 Å². The molecule has 5 aliphatic rings. The van der Waals surface area contributed by atoms with Crippen LogP contribution in [-0.4, -0.2) is 95.6 Å². The number of fused-ring (bicyclic) bond motifs is 5. The largest absolute Gasteiger partial charge is 0.446 e. The molecule has 8 heteroatoms. The minimum absolute atomic E-state index is 0.00731. The summed E-state index contributed by atoms with van der Waals surface area (Å²) in [5.41, 5.74) is 2.34. The lowest BCUT2D eigenvalue weighted by atomic mass is 9.47. The number of hydrogen-bond acceptors (Lipinski definition) is 7. The molecule has 1 heterocycles. The van der Waals surface area contributed by atoms with Crippen LogP contribution < -0.4 is 5.32 Å². The number of nitrogens with one attached hydrogen (secondary N) is 1. The maximum Gasteiger partial charge on any atom is 0.407 e. The zero-order valence-corrected chi connectivity index (χ0v) is 43.2. The van der Waals surface area contributed by atoms with Crippen LogP contribution in [0.3, 0.4) is 0 Å². The molecule has 1 saturated heterocycles. The van der Waals surface area contributed by atoms with Gasteiger partial charge in [0.05, 0.1) is 45.7 Å². The predicted octanol–water partition coefficient (Wildman–Crippen LogP) is 13.9. The van der Waals surface area contributed by atoms with Gasteiger partial charge in [-0.25, -0.2) is 4.79 Å². The van der Waals surface area contributed by atoms with Gasteiger partial charge in [0.1, 0.15) is 6.10 Å². The Balaban J connectivity index is 0.899. The number of nitrogens with zero attached hydrogens (tertiary/aromatic N) is 1. The molecule has 7 unspecified atom stereocenters. The molecule has 4 fully saturated rings. The molecule has 0 bridgehead atoms. The molecule has 5 rings (SSSR count). The van der Waals surface area contributed by atoms with Gasteiger partial charge >= 0.3 is 6.09 Å². The lowest BCUT2D eigenvalue weighted by molar-refractivity contribution is -0.0622. The van der Waals surface area contributed by atoms with Crippen LogP contribution in [0.25, 0.3) is 0 Å². The third-order valence-electron chi connectivity index (χ3n) is 17.3. The molecule has 3 saturated carbocycles. The van der Waals surface area contributed by atoms with E-state index in [4.69, 9.17) is 23.7 Å². The van der Waals surface area contributed by atoms with Crippen LogP contribution in [0, 0.1) is 46.3 Å². The van der Waals surface area contributed by atoms with E-state index in [1.54, 1.807) is 5.57 Å². The van der Waals surface area contributed by atoms with Gasteiger partial charge in [-0.05, 0) is 123 Å². The smallest absolute Gasteiger partial charge is 0.407 e. The Labute approximate surface area is 400 Å². The minimum Gasteiger partial charge on any atom is -0.446 e. The first-order valence-corrected chi connectivity index (χ1v) is 28.0. The van der Waals surface area contributed by atoms with Crippen molar-refractivity contribution in [3.63, 3.8) is 0 Å². The van der Waals surface area contributed by atoms with Crippen molar-refractivity contribution < 1.29 is 28.5 Å². The van der Waals surface area contributed by atoms with E-state index in [0.29, 0.717) is 38.4 Å². The number of carbonyl (C=O) groups is 1. The molecule has 376 valence electrons. The first-order valence-electron chi connectivity index (χ1n) is 28.0. The SMILES string of the molecule is CCCCCCCC/C=C\CCCCCCCCOCC(CN1CCOCC1)OCCOCCNC(=O)OC1CCC2(C)C(=CCC3[C@@H]2CCC2(C)C(C(C)CCCC(C)C)CC[C@@H]32)C1. The topological polar surface area (TPSA) is 78.5 Å². The average molecular weight is 911 g/mol. The highest BCUT2D eigenvalue weighted by atomic mass is 16.6. The Morgan fingerprint density at radius 1 is 0.800 bits per heavy atom. The molecule has 65 heavy (non-hydrogen) atoms. The molecule has 1 amide bonds. The van der Waals surface area contributed by atoms with Crippen molar-refractivity contribution >= 4 is 6.09 Å². The Hall–Kier alpha value is -1.45. The van der Waals surface area contributed by atoms with Crippen LogP contribution in [0.5, 0.6) is 0 Å². The van der Waals surface area contributed by atoms with E-state index in [-0.39, 0.29) is 23.7 Å². The maximum atomic E-state index is 12.9. The average Bonchev–Trinajstić information content (AvgIpc) is 3.66. The van der Waals surface area contributed by atoms with Gasteiger partial charge in [-0.2, -0.15) is 0 Å². The maximum absolute atomic E-state index is 12.9. The van der Waals surface area contributed by atoms with Crippen molar-refractivity contribution in [2.24, 2.45) is 46.3 Å². The molecule has 9 atom stereocenters. The van der Waals surface area contributed by atoms with Crippen LogP contribution in [0.4, 0.5) is 4.79 Å². The fraction of sp³-hybridized carbons (Fsp3) is 0.912. The van der Waals surface area contributed by atoms with Gasteiger partial charge in [0.25, 0.3) is 0 Å². The summed E-state index contributed by atoms with van der Waals surface area (Å²) in [4.78, 5) is 15.3. The van der Waals surface area contributed by atoms with Crippen LogP contribution in [0.15, 0.2) is 23.8 Å². The highest BCUT2D eigenvalue weighted by molar-refractivity contribution is 5.67. The Kier molecular flexibility index (Phi) is 25.3. The van der Waals surface area contributed by atoms with Crippen LogP contribution in [0.1, 0.15) is 202 Å². The molecular formula is C57H102N2O6. The monoisotopic (exact) mass is 911 g/mol. The van der Waals surface area contributed by atoms with Crippen molar-refractivity contribution in [3.05, 3.63) is 23.8 Å². The summed E-state index contributed by atoms with van der Waals surface area (Å²) >= 11 is 0. The number of carbonyl (C=O) groups excluding carboxylic acids is 1. The summed E-state index contributed by atoms with van der Waals surface area (Å²) in [6, 6.07) is 0. The number of amides is 1. The molecule has 0 aromatic heterocycles. The lowest BCUT2D eigenvalue weighted by Gasteiger charge is -2.58. The summed E-state index contributed by atoms with van der Waals surface area (Å²) in [6.07, 6.45) is 39.5. The number of ether oxygens (including phenoxy) is 5. The Morgan fingerprint density at radius 3 is 2.26 bits per heavy atom. The molecule has 0 spiro atoms. The molecule has 4 aliphatic carbocycles. The van der Waals surface area contributed by atoms with Gasteiger partial charge in [0, 0.05) is 39.2 Å². The number of allylic oxidation sites excluding steroid dienone is 3. The standard InChI is InChI=1S/C57H102N2O6/c1-7-8-9-10-11-12-13-14-15-16-17-18-19-20-21-22-37-63-45-50(44-59-35-39-62-40-36-59)64-42-41-61-38-34-58-55(60)65-49-30-32-56(5)48(43-49)26-27-51-53-29-28-52(47(4)25-23-24-46(2)3)57(53,6)33-31-54(51)56/h14-15,26,46-47,49-54H,7-13,16-25,27-45H2,1-6H3,(H,58,60)/b15-14-/t47?,49?,50?,51?,52?,53-,54-,56?,57?/m0/s1. The fourth-order valence-electron chi connectivity index (χ4n) is 13.4. The second kappa shape index (κ2) is 30.2. The summed E-state index contributed by atoms with van der Waals surface area (Å²) in [5.74, 6) is 5.03. The van der Waals surface area contributed by atoms with Gasteiger partial charge in [0.2, 0.25) is 0 Å². The second-order valence-electron chi connectivity index (χ2n) is 22.5. The van der Waals surface area contributed by atoms with Crippen molar-refractivity contribution in [1.29, 1.82) is 0 Å². The number of alkyl carbamates (subject to hydrolysis) is 1. The molecule has 1 N–H and O–H groups in total. The zero-order chi connectivity index (χ0) is 46.2. The van der Waals surface area contributed by atoms with Crippen molar-refractivity contribution in [3.8, 4) is 0 Å². The number of morpholine rings is 1. The normalized spacial score (nSPS) is 29.0. The van der Waals surface area contributed by atoms with Gasteiger partial charge < -0.3 is 29.0 Å². The van der Waals surface area contributed by atoms with E-state index in [9.17, 15) is 4.79 Å². The summed E-state index contributed by atoms with van der Waals surface area (Å²) < 4.78 is 29.9. The number of hydrogen-bond donors (Lipinski definition) is 1. The Morgan fingerprint density at radius 2 is 1.52 bits per heavy atom. The summed E-state index contributed by atoms with van der Waals surface area (Å²) in [7, 11) is 0. The van der Waals surface area contributed by atoms with Gasteiger partial charge in [0.15, 0.2) is 0 Å². The van der Waals surface area contributed by atoms with Crippen molar-refractivity contribution in [2.45, 2.75) is 214 Å². The molecular weight excluding hydrogens is 809 g/mol. The molecule has 0 aromatic carbocycles. The highest BCUT2D eigenvalue weighted by Gasteiger charge is 2.59. The highest BCUT2D eigenvalue weighted by Crippen LogP contribution is 2.67. The summed E-state index contributed by atoms with van der Waals surface area (Å²) in [5, 5.41) is 2.96. The van der Waals surface area contributed by atoms with E-state index in [1.807, 2.05) is 0 Å². The zero-order valence-electron chi connectivity index (χ0n) is 43.2. The van der Waals surface area contributed by atoms with Crippen LogP contribution in [0.2, 0.25) is 0 Å². The number of unbranched alkanes of at least 4 members (excludes halogenated alkanes) is 12. The van der Waals surface area contributed by atoms with E-state index < -0.39 is 0 Å². The first kappa shape index (κ1) is 54.5. The van der Waals surface area contributed by atoms with Crippen LogP contribution >= 0.6 is 0 Å². The van der Waals surface area contributed by atoms with E-state index in [2.05, 4.69) is 70.0 Å². The summed E-state index contributed by atoms with van der Waals surface area (Å²) in [6.45, 7) is 22.4. The van der Waals surface area contributed by atoms with Crippen molar-refractivity contribution in [2.75, 3.05) is 72.4 Å². The van der Waals surface area contributed by atoms with E-state index in [0.717, 1.165) is 101 Å². The molecule has 1 aliphatic heterocycles. The third-order valence-corrected chi connectivity index (χ3v) is 17.3. The van der Waals surface area contributed by atoms with E-state index in [1.165, 1.54) is 135 Å². The quantitative estimate of drug-likeness (QED) is 0.0519. The van der Waals surface area contributed by atoms with Crippen molar-refractivity contribution in [1.82, 2.24) is 10.2 Å². The first-order chi connectivity index (χ1) is 31.6.